The number of hydrogen-bond donors (Lipinski definition) is 0. The van der Waals surface area contributed by atoms with Crippen LogP contribution < -0.4 is 4.90 Å². The van der Waals surface area contributed by atoms with Crippen LogP contribution in [0.2, 0.25) is 0 Å². The van der Waals surface area contributed by atoms with Crippen LogP contribution in [0.15, 0.2) is 42.6 Å². The van der Waals surface area contributed by atoms with Crippen LogP contribution in [0.5, 0.6) is 0 Å². The van der Waals surface area contributed by atoms with Gasteiger partial charge in [-0.15, -0.1) is 0 Å². The summed E-state index contributed by atoms with van der Waals surface area (Å²) >= 11 is 0. The number of rotatable bonds is 7. The van der Waals surface area contributed by atoms with Crippen molar-refractivity contribution < 1.29 is 9.53 Å². The lowest BCUT2D eigenvalue weighted by Gasteiger charge is -2.21. The van der Waals surface area contributed by atoms with E-state index in [4.69, 9.17) is 4.74 Å². The van der Waals surface area contributed by atoms with E-state index in [1.807, 2.05) is 20.8 Å². The maximum atomic E-state index is 12.3. The summed E-state index contributed by atoms with van der Waals surface area (Å²) in [6.07, 6.45) is 10.2. The van der Waals surface area contributed by atoms with Gasteiger partial charge in [-0.25, -0.2) is 9.78 Å². The molecule has 0 bridgehead atoms. The molecule has 1 fully saturated rings. The first kappa shape index (κ1) is 25.9. The Morgan fingerprint density at radius 1 is 1.43 bits per heavy atom. The fraction of sp³-hybridized carbons (Fsp3) is 0.583. The van der Waals surface area contributed by atoms with Crippen LogP contribution in [-0.2, 0) is 4.74 Å². The fourth-order valence-corrected chi connectivity index (χ4v) is 3.01. The number of hydrogen-bond acceptors (Lipinski definition) is 4. The lowest BCUT2D eigenvalue weighted by molar-refractivity contribution is 0.0378. The van der Waals surface area contributed by atoms with Crippen LogP contribution >= 0.6 is 0 Å². The number of aromatic nitrogens is 1. The van der Waals surface area contributed by atoms with Gasteiger partial charge in [0.15, 0.2) is 0 Å². The first-order valence-corrected chi connectivity index (χ1v) is 10.1. The van der Waals surface area contributed by atoms with Crippen molar-refractivity contribution in [1.29, 1.82) is 0 Å². The molecule has 0 N–H and O–H groups in total. The molecule has 1 aromatic heterocycles. The molecular weight excluding hydrogens is 348 g/mol. The molecular formula is C24H40N2O2. The number of ether oxygens (including phenoxy) is 1. The van der Waals surface area contributed by atoms with E-state index in [0.29, 0.717) is 11.5 Å². The predicted octanol–water partition coefficient (Wildman–Crippen LogP) is 6.44. The molecule has 0 spiro atoms. The van der Waals surface area contributed by atoms with E-state index in [1.54, 1.807) is 18.3 Å². The van der Waals surface area contributed by atoms with E-state index in [2.05, 4.69) is 42.5 Å². The molecule has 2 rings (SSSR count). The highest BCUT2D eigenvalue weighted by molar-refractivity contribution is 5.94. The fourth-order valence-electron chi connectivity index (χ4n) is 3.01. The van der Waals surface area contributed by atoms with Gasteiger partial charge in [0.25, 0.3) is 0 Å². The molecule has 28 heavy (non-hydrogen) atoms. The zero-order valence-corrected chi connectivity index (χ0v) is 17.7. The van der Waals surface area contributed by atoms with Crippen molar-refractivity contribution in [3.63, 3.8) is 0 Å². The van der Waals surface area contributed by atoms with E-state index in [0.717, 1.165) is 38.2 Å². The Labute approximate surface area is 172 Å². The number of nitrogens with zero attached hydrogens (tertiary/aromatic N) is 2. The third kappa shape index (κ3) is 8.28. The van der Waals surface area contributed by atoms with Gasteiger partial charge >= 0.3 is 5.97 Å². The summed E-state index contributed by atoms with van der Waals surface area (Å²) in [7, 11) is 0. The molecule has 1 aromatic rings. The zero-order valence-electron chi connectivity index (χ0n) is 17.7. The predicted molar refractivity (Wildman–Crippen MR) is 121 cm³/mol. The first-order valence-electron chi connectivity index (χ1n) is 10.1. The van der Waals surface area contributed by atoms with Crippen molar-refractivity contribution in [3.8, 4) is 0 Å². The normalized spacial score (nSPS) is 15.8. The molecule has 0 radical (unpaired) electrons. The van der Waals surface area contributed by atoms with Gasteiger partial charge in [0, 0.05) is 19.3 Å². The van der Waals surface area contributed by atoms with Crippen LogP contribution in [0.4, 0.5) is 5.82 Å². The topological polar surface area (TPSA) is 42.4 Å². The van der Waals surface area contributed by atoms with Crippen LogP contribution in [0.1, 0.15) is 78.1 Å². The smallest absolute Gasteiger partial charge is 0.342 e. The van der Waals surface area contributed by atoms with E-state index in [1.165, 1.54) is 12.0 Å². The van der Waals surface area contributed by atoms with E-state index in [9.17, 15) is 4.79 Å². The third-order valence-electron chi connectivity index (χ3n) is 4.28. The van der Waals surface area contributed by atoms with Gasteiger partial charge in [-0.1, -0.05) is 52.0 Å². The molecule has 1 atom stereocenters. The summed E-state index contributed by atoms with van der Waals surface area (Å²) in [5, 5.41) is 0. The van der Waals surface area contributed by atoms with Crippen molar-refractivity contribution in [2.75, 3.05) is 18.0 Å². The van der Waals surface area contributed by atoms with Crippen molar-refractivity contribution in [2.24, 2.45) is 5.92 Å². The Balaban J connectivity index is 0.00000171. The van der Waals surface area contributed by atoms with Gasteiger partial charge in [0.1, 0.15) is 11.4 Å². The number of carbonyl (C=O) groups is 1. The van der Waals surface area contributed by atoms with E-state index >= 15 is 0 Å². The molecule has 1 aliphatic rings. The van der Waals surface area contributed by atoms with Crippen molar-refractivity contribution in [1.82, 2.24) is 4.98 Å². The number of esters is 1. The minimum atomic E-state index is -0.302. The minimum Gasteiger partial charge on any atom is -0.459 e. The van der Waals surface area contributed by atoms with Crippen LogP contribution in [-0.4, -0.2) is 30.1 Å². The Bertz CT molecular complexity index is 623. The lowest BCUT2D eigenvalue weighted by Crippen LogP contribution is -2.25. The van der Waals surface area contributed by atoms with E-state index < -0.39 is 0 Å². The average molecular weight is 389 g/mol. The Kier molecular flexibility index (Phi) is 12.9. The molecule has 4 heteroatoms. The molecule has 1 saturated heterocycles. The van der Waals surface area contributed by atoms with Gasteiger partial charge in [0.05, 0.1) is 6.10 Å². The number of anilines is 1. The summed E-state index contributed by atoms with van der Waals surface area (Å²) in [5.41, 5.74) is 1.84. The first-order chi connectivity index (χ1) is 12.9. The Morgan fingerprint density at radius 3 is 2.71 bits per heavy atom. The molecule has 1 aliphatic heterocycles. The second-order valence-corrected chi connectivity index (χ2v) is 7.23. The summed E-state index contributed by atoms with van der Waals surface area (Å²) in [6, 6.07) is 3.57. The highest BCUT2D eigenvalue weighted by Gasteiger charge is 2.28. The zero-order chi connectivity index (χ0) is 20.2. The summed E-state index contributed by atoms with van der Waals surface area (Å²) in [5.74, 6) is 0.890. The van der Waals surface area contributed by atoms with Crippen molar-refractivity contribution in [2.45, 2.75) is 73.8 Å². The molecule has 158 valence electrons. The lowest BCUT2D eigenvalue weighted by atomic mass is 9.96. The maximum Gasteiger partial charge on any atom is 0.342 e. The largest absolute Gasteiger partial charge is 0.459 e. The molecule has 0 aliphatic carbocycles. The molecule has 4 nitrogen and oxygen atoms in total. The van der Waals surface area contributed by atoms with Crippen molar-refractivity contribution in [3.05, 3.63) is 48.2 Å². The minimum absolute atomic E-state index is 0. The Hall–Kier alpha value is -2.10. The van der Waals surface area contributed by atoms with Gasteiger partial charge in [0.2, 0.25) is 0 Å². The SMILES string of the molecule is C.C=C(CC/C=C\C)[C@@H]1CCN(c2ncccc2C(=O)OC(C)C)C1.CCC. The van der Waals surface area contributed by atoms with Gasteiger partial charge in [-0.3, -0.25) is 0 Å². The van der Waals surface area contributed by atoms with Crippen LogP contribution in [0, 0.1) is 5.92 Å². The Morgan fingerprint density at radius 2 is 2.11 bits per heavy atom. The molecule has 0 saturated carbocycles. The maximum absolute atomic E-state index is 12.3. The van der Waals surface area contributed by atoms with Gasteiger partial charge in [-0.05, 0) is 58.1 Å². The highest BCUT2D eigenvalue weighted by Crippen LogP contribution is 2.30. The number of allylic oxidation sites excluding steroid dienone is 2. The number of carbonyl (C=O) groups excluding carboxylic acids is 1. The monoisotopic (exact) mass is 388 g/mol. The number of pyridine rings is 1. The van der Waals surface area contributed by atoms with Crippen LogP contribution in [0.3, 0.4) is 0 Å². The summed E-state index contributed by atoms with van der Waals surface area (Å²) in [6.45, 7) is 16.0. The second kappa shape index (κ2) is 14.0. The molecule has 0 unspecified atom stereocenters. The van der Waals surface area contributed by atoms with Gasteiger partial charge < -0.3 is 9.64 Å². The summed E-state index contributed by atoms with van der Waals surface area (Å²) in [4.78, 5) is 18.9. The quantitative estimate of drug-likeness (QED) is 0.398. The van der Waals surface area contributed by atoms with Gasteiger partial charge in [-0.2, -0.15) is 0 Å². The second-order valence-electron chi connectivity index (χ2n) is 7.23. The van der Waals surface area contributed by atoms with E-state index in [-0.39, 0.29) is 19.5 Å². The molecule has 0 amide bonds. The van der Waals surface area contributed by atoms with Crippen molar-refractivity contribution >= 4 is 11.8 Å². The van der Waals surface area contributed by atoms with Crippen LogP contribution in [0.25, 0.3) is 0 Å². The standard InChI is InChI=1S/C20H28N2O2.C3H8.CH4/c1-5-6-7-9-16(4)17-11-13-22(14-17)19-18(10-8-12-21-19)20(23)24-15(2)3;1-3-2;/h5-6,8,10,12,15,17H,4,7,9,11,13-14H2,1-3H3;3H2,1-2H3;1H4/b6-5-;;/t17-;;/m1../s1. The summed E-state index contributed by atoms with van der Waals surface area (Å²) < 4.78 is 5.35. The molecule has 0 aromatic carbocycles. The third-order valence-corrected chi connectivity index (χ3v) is 4.28. The average Bonchev–Trinajstić information content (AvgIpc) is 3.12. The highest BCUT2D eigenvalue weighted by atomic mass is 16.5. The molecule has 2 heterocycles.